The van der Waals surface area contributed by atoms with Gasteiger partial charge in [-0.3, -0.25) is 4.21 Å². The number of carbonyl (C=O) groups is 2. The lowest BCUT2D eigenvalue weighted by molar-refractivity contribution is -0.147. The summed E-state index contributed by atoms with van der Waals surface area (Å²) in [7, 11) is 0.241. The van der Waals surface area contributed by atoms with Gasteiger partial charge in [0.15, 0.2) is 6.10 Å². The van der Waals surface area contributed by atoms with E-state index in [0.717, 1.165) is 0 Å². The first-order valence-corrected chi connectivity index (χ1v) is 6.60. The van der Waals surface area contributed by atoms with E-state index in [1.807, 2.05) is 0 Å². The summed E-state index contributed by atoms with van der Waals surface area (Å²) in [4.78, 5) is 21.8. The van der Waals surface area contributed by atoms with Crippen molar-refractivity contribution >= 4 is 22.8 Å². The Balaban J connectivity index is 3.87. The molecule has 2 amide bonds. The third-order valence-electron chi connectivity index (χ3n) is 2.12. The van der Waals surface area contributed by atoms with Crippen LogP contribution < -0.4 is 10.6 Å². The van der Waals surface area contributed by atoms with Gasteiger partial charge in [-0.25, -0.2) is 9.59 Å². The van der Waals surface area contributed by atoms with Gasteiger partial charge in [0.2, 0.25) is 0 Å². The first-order chi connectivity index (χ1) is 7.88. The molecule has 0 radical (unpaired) electrons. The fraction of sp³-hybridized carbons (Fsp3) is 0.778. The summed E-state index contributed by atoms with van der Waals surface area (Å²) < 4.78 is 15.6. The third-order valence-corrected chi connectivity index (χ3v) is 3.42. The number of hydrogen-bond donors (Lipinski definition) is 3. The highest BCUT2D eigenvalue weighted by Crippen LogP contribution is 1.90. The summed E-state index contributed by atoms with van der Waals surface area (Å²) in [6, 6.07) is -0.509. The van der Waals surface area contributed by atoms with E-state index < -0.39 is 28.9 Å². The minimum Gasteiger partial charge on any atom is -0.479 e. The summed E-state index contributed by atoms with van der Waals surface area (Å²) in [6.45, 7) is 1.88. The highest BCUT2D eigenvalue weighted by molar-refractivity contribution is 7.84. The maximum Gasteiger partial charge on any atom is 0.334 e. The second-order valence-electron chi connectivity index (χ2n) is 3.46. The predicted molar refractivity (Wildman–Crippen MR) is 63.4 cm³/mol. The molecule has 8 heteroatoms. The molecule has 0 rings (SSSR count). The molecule has 0 saturated heterocycles. The number of ether oxygens (including phenoxy) is 1. The van der Waals surface area contributed by atoms with Crippen LogP contribution in [0.3, 0.4) is 0 Å². The monoisotopic (exact) mass is 266 g/mol. The highest BCUT2D eigenvalue weighted by Gasteiger charge is 2.17. The van der Waals surface area contributed by atoms with Crippen molar-refractivity contribution in [3.8, 4) is 0 Å². The molecule has 3 unspecified atom stereocenters. The Morgan fingerprint density at radius 2 is 1.88 bits per heavy atom. The van der Waals surface area contributed by atoms with Gasteiger partial charge in [-0.15, -0.1) is 0 Å². The van der Waals surface area contributed by atoms with Crippen LogP contribution in [0.1, 0.15) is 6.92 Å². The van der Waals surface area contributed by atoms with Gasteiger partial charge in [0.1, 0.15) is 0 Å². The molecular formula is C9H18N2O5S. The topological polar surface area (TPSA) is 105 Å². The average Bonchev–Trinajstić information content (AvgIpc) is 2.25. The van der Waals surface area contributed by atoms with E-state index in [1.54, 1.807) is 13.2 Å². The molecule has 3 N–H and O–H groups in total. The molecule has 0 aliphatic rings. The number of nitrogens with one attached hydrogen (secondary N) is 2. The standard InChI is InChI=1S/C9H18N2O5S/c1-6(17(3)15)4-10-9(14)11-5-7(16-2)8(12)13/h6-7H,4-5H2,1-3H3,(H,12,13)(H2,10,11,14). The van der Waals surface area contributed by atoms with E-state index in [1.165, 1.54) is 7.11 Å². The lowest BCUT2D eigenvalue weighted by Crippen LogP contribution is -2.44. The van der Waals surface area contributed by atoms with Gasteiger partial charge in [-0.2, -0.15) is 0 Å². The number of carbonyl (C=O) groups excluding carboxylic acids is 1. The minimum atomic E-state index is -1.14. The van der Waals surface area contributed by atoms with Gasteiger partial charge >= 0.3 is 12.0 Å². The van der Waals surface area contributed by atoms with Gasteiger partial charge in [0, 0.05) is 36.0 Å². The Labute approximate surface area is 102 Å². The normalized spacial score (nSPS) is 15.7. The Morgan fingerprint density at radius 3 is 2.29 bits per heavy atom. The molecule has 0 bridgehead atoms. The number of carboxylic acid groups (broad SMARTS) is 1. The van der Waals surface area contributed by atoms with Crippen LogP contribution >= 0.6 is 0 Å². The van der Waals surface area contributed by atoms with Crippen molar-refractivity contribution in [2.75, 3.05) is 26.5 Å². The number of urea groups is 1. The lowest BCUT2D eigenvalue weighted by atomic mass is 10.3. The zero-order valence-corrected chi connectivity index (χ0v) is 10.9. The smallest absolute Gasteiger partial charge is 0.334 e. The summed E-state index contributed by atoms with van der Waals surface area (Å²) in [5.41, 5.74) is 0. The molecule has 3 atom stereocenters. The third kappa shape index (κ3) is 6.90. The van der Waals surface area contributed by atoms with Crippen LogP contribution in [0.15, 0.2) is 0 Å². The van der Waals surface area contributed by atoms with Crippen molar-refractivity contribution in [3.63, 3.8) is 0 Å². The number of aliphatic carboxylic acids is 1. The number of rotatable bonds is 7. The molecular weight excluding hydrogens is 248 g/mol. The summed E-state index contributed by atoms with van der Waals surface area (Å²) in [5.74, 6) is -1.14. The zero-order valence-electron chi connectivity index (χ0n) is 10.1. The van der Waals surface area contributed by atoms with Crippen LogP contribution in [0, 0.1) is 0 Å². The Hall–Kier alpha value is -1.15. The quantitative estimate of drug-likeness (QED) is 0.557. The fourth-order valence-corrected chi connectivity index (χ4v) is 1.19. The molecule has 0 aliphatic carbocycles. The van der Waals surface area contributed by atoms with Gasteiger partial charge in [-0.05, 0) is 6.92 Å². The van der Waals surface area contributed by atoms with Crippen molar-refractivity contribution in [3.05, 3.63) is 0 Å². The summed E-state index contributed by atoms with van der Waals surface area (Å²) in [6.07, 6.45) is 0.480. The SMILES string of the molecule is COC(CNC(=O)NCC(C)S(C)=O)C(=O)O. The van der Waals surface area contributed by atoms with Gasteiger partial charge in [-0.1, -0.05) is 0 Å². The number of amides is 2. The summed E-state index contributed by atoms with van der Waals surface area (Å²) >= 11 is 0. The Morgan fingerprint density at radius 1 is 1.35 bits per heavy atom. The van der Waals surface area contributed by atoms with E-state index in [-0.39, 0.29) is 18.3 Å². The van der Waals surface area contributed by atoms with Gasteiger partial charge < -0.3 is 20.5 Å². The maximum atomic E-state index is 11.2. The highest BCUT2D eigenvalue weighted by atomic mass is 32.2. The van der Waals surface area contributed by atoms with Crippen LogP contribution in [0.4, 0.5) is 4.79 Å². The molecule has 0 heterocycles. The average molecular weight is 266 g/mol. The molecule has 0 aromatic heterocycles. The van der Waals surface area contributed by atoms with E-state index in [4.69, 9.17) is 5.11 Å². The minimum absolute atomic E-state index is 0.124. The molecule has 0 fully saturated rings. The molecule has 0 aromatic rings. The van der Waals surface area contributed by atoms with Crippen molar-refractivity contribution in [1.29, 1.82) is 0 Å². The summed E-state index contributed by atoms with van der Waals surface area (Å²) in [5, 5.41) is 13.3. The predicted octanol–water partition coefficient (Wildman–Crippen LogP) is -0.848. The first-order valence-electron chi connectivity index (χ1n) is 4.98. The Kier molecular flexibility index (Phi) is 7.47. The van der Waals surface area contributed by atoms with Gasteiger partial charge in [0.05, 0.1) is 6.54 Å². The van der Waals surface area contributed by atoms with E-state index in [0.29, 0.717) is 0 Å². The van der Waals surface area contributed by atoms with Crippen LogP contribution in [-0.2, 0) is 20.3 Å². The van der Waals surface area contributed by atoms with Gasteiger partial charge in [0.25, 0.3) is 0 Å². The molecule has 0 aromatic carbocycles. The number of carboxylic acids is 1. The van der Waals surface area contributed by atoms with Crippen molar-refractivity contribution < 1.29 is 23.6 Å². The maximum absolute atomic E-state index is 11.2. The van der Waals surface area contributed by atoms with E-state index >= 15 is 0 Å². The number of hydrogen-bond acceptors (Lipinski definition) is 4. The Bertz CT molecular complexity index is 297. The van der Waals surface area contributed by atoms with Crippen LogP contribution in [0.25, 0.3) is 0 Å². The van der Waals surface area contributed by atoms with E-state index in [2.05, 4.69) is 15.4 Å². The lowest BCUT2D eigenvalue weighted by Gasteiger charge is -2.13. The van der Waals surface area contributed by atoms with Crippen LogP contribution in [-0.4, -0.2) is 59.1 Å². The molecule has 100 valence electrons. The first kappa shape index (κ1) is 15.9. The molecule has 0 spiro atoms. The van der Waals surface area contributed by atoms with Crippen LogP contribution in [0.2, 0.25) is 0 Å². The second-order valence-corrected chi connectivity index (χ2v) is 5.26. The fourth-order valence-electron chi connectivity index (χ4n) is 0.873. The largest absolute Gasteiger partial charge is 0.479 e. The van der Waals surface area contributed by atoms with E-state index in [9.17, 15) is 13.8 Å². The van der Waals surface area contributed by atoms with Crippen molar-refractivity contribution in [2.45, 2.75) is 18.3 Å². The van der Waals surface area contributed by atoms with Crippen molar-refractivity contribution in [2.24, 2.45) is 0 Å². The van der Waals surface area contributed by atoms with Crippen LogP contribution in [0.5, 0.6) is 0 Å². The molecule has 0 aliphatic heterocycles. The zero-order chi connectivity index (χ0) is 13.4. The molecule has 17 heavy (non-hydrogen) atoms. The number of methoxy groups -OCH3 is 1. The second kappa shape index (κ2) is 8.02. The van der Waals surface area contributed by atoms with Crippen molar-refractivity contribution in [1.82, 2.24) is 10.6 Å². The molecule has 7 nitrogen and oxygen atoms in total. The molecule has 0 saturated carbocycles.